The molecular formula is C22H27N3O4. The van der Waals surface area contributed by atoms with Crippen molar-refractivity contribution in [1.82, 2.24) is 15.0 Å². The van der Waals surface area contributed by atoms with E-state index in [1.54, 1.807) is 0 Å². The van der Waals surface area contributed by atoms with Gasteiger partial charge in [-0.1, -0.05) is 30.8 Å². The summed E-state index contributed by atoms with van der Waals surface area (Å²) < 4.78 is 16.3. The zero-order valence-electron chi connectivity index (χ0n) is 16.6. The Labute approximate surface area is 170 Å². The van der Waals surface area contributed by atoms with Crippen LogP contribution in [0.15, 0.2) is 22.7 Å². The molecule has 0 N–H and O–H groups in total. The summed E-state index contributed by atoms with van der Waals surface area (Å²) in [6.45, 7) is 1.79. The average molecular weight is 397 g/mol. The summed E-state index contributed by atoms with van der Waals surface area (Å²) in [6, 6.07) is 5.65. The van der Waals surface area contributed by atoms with Gasteiger partial charge in [0.15, 0.2) is 11.5 Å². The van der Waals surface area contributed by atoms with E-state index in [0.717, 1.165) is 49.6 Å². The molecule has 5 rings (SSSR count). The van der Waals surface area contributed by atoms with Crippen LogP contribution in [0, 0.1) is 5.92 Å². The second kappa shape index (κ2) is 8.05. The Morgan fingerprint density at radius 3 is 2.69 bits per heavy atom. The number of nitrogens with zero attached hydrogens (tertiary/aromatic N) is 3. The standard InChI is InChI=1S/C22H27N3O4/c26-20(8-5-15-3-1-2-4-15)25-11-9-16(10-12-25)22-23-21(24-29-22)17-6-7-18-19(13-17)28-14-27-18/h6-7,13,15-16H,1-5,8-12,14H2. The van der Waals surface area contributed by atoms with Crippen LogP contribution in [0.1, 0.15) is 63.2 Å². The molecule has 154 valence electrons. The van der Waals surface area contributed by atoms with Gasteiger partial charge in [-0.15, -0.1) is 0 Å². The summed E-state index contributed by atoms with van der Waals surface area (Å²) in [7, 11) is 0. The predicted molar refractivity (Wildman–Crippen MR) is 106 cm³/mol. The summed E-state index contributed by atoms with van der Waals surface area (Å²) in [5, 5.41) is 4.15. The Morgan fingerprint density at radius 2 is 1.86 bits per heavy atom. The van der Waals surface area contributed by atoms with Gasteiger partial charge < -0.3 is 18.9 Å². The first-order valence-corrected chi connectivity index (χ1v) is 10.8. The maximum atomic E-state index is 12.5. The lowest BCUT2D eigenvalue weighted by Crippen LogP contribution is -2.38. The van der Waals surface area contributed by atoms with Gasteiger partial charge in [-0.25, -0.2) is 0 Å². The monoisotopic (exact) mass is 397 g/mol. The number of ether oxygens (including phenoxy) is 2. The summed E-state index contributed by atoms with van der Waals surface area (Å²) in [4.78, 5) is 19.2. The van der Waals surface area contributed by atoms with Crippen molar-refractivity contribution < 1.29 is 18.8 Å². The fourth-order valence-corrected chi connectivity index (χ4v) is 4.71. The molecule has 7 heteroatoms. The number of carbonyl (C=O) groups excluding carboxylic acids is 1. The minimum absolute atomic E-state index is 0.212. The largest absolute Gasteiger partial charge is 0.454 e. The van der Waals surface area contributed by atoms with Crippen LogP contribution >= 0.6 is 0 Å². The van der Waals surface area contributed by atoms with Crippen molar-refractivity contribution in [3.05, 3.63) is 24.1 Å². The van der Waals surface area contributed by atoms with E-state index < -0.39 is 0 Å². The van der Waals surface area contributed by atoms with E-state index in [2.05, 4.69) is 10.1 Å². The topological polar surface area (TPSA) is 77.7 Å². The minimum Gasteiger partial charge on any atom is -0.454 e. The highest BCUT2D eigenvalue weighted by Crippen LogP contribution is 2.36. The number of rotatable bonds is 5. The fourth-order valence-electron chi connectivity index (χ4n) is 4.71. The summed E-state index contributed by atoms with van der Waals surface area (Å²) in [6.07, 6.45) is 8.78. The molecule has 3 heterocycles. The highest BCUT2D eigenvalue weighted by atomic mass is 16.7. The summed E-state index contributed by atoms with van der Waals surface area (Å²) in [5.41, 5.74) is 0.851. The molecule has 1 aromatic heterocycles. The van der Waals surface area contributed by atoms with Crippen LogP contribution in [0.25, 0.3) is 11.4 Å². The maximum absolute atomic E-state index is 12.5. The lowest BCUT2D eigenvalue weighted by Gasteiger charge is -2.30. The van der Waals surface area contributed by atoms with E-state index in [-0.39, 0.29) is 12.7 Å². The van der Waals surface area contributed by atoms with E-state index in [4.69, 9.17) is 14.0 Å². The molecule has 1 aliphatic carbocycles. The molecule has 0 unspecified atom stereocenters. The van der Waals surface area contributed by atoms with Crippen LogP contribution in [0.3, 0.4) is 0 Å². The molecule has 1 amide bonds. The Balaban J connectivity index is 1.16. The molecule has 0 radical (unpaired) electrons. The van der Waals surface area contributed by atoms with E-state index in [1.165, 1.54) is 25.7 Å². The average Bonchev–Trinajstić information content (AvgIpc) is 3.53. The van der Waals surface area contributed by atoms with Crippen LogP contribution in [-0.2, 0) is 4.79 Å². The van der Waals surface area contributed by atoms with Crippen LogP contribution in [-0.4, -0.2) is 40.8 Å². The number of aromatic nitrogens is 2. The second-order valence-corrected chi connectivity index (χ2v) is 8.37. The summed E-state index contributed by atoms with van der Waals surface area (Å²) >= 11 is 0. The van der Waals surface area contributed by atoms with Crippen LogP contribution < -0.4 is 9.47 Å². The SMILES string of the molecule is O=C(CCC1CCCC1)N1CCC(c2nc(-c3ccc4c(c3)OCO4)no2)CC1. The number of carbonyl (C=O) groups is 1. The Bertz CT molecular complexity index is 867. The molecule has 2 fully saturated rings. The first-order valence-electron chi connectivity index (χ1n) is 10.8. The van der Waals surface area contributed by atoms with Gasteiger partial charge in [0.25, 0.3) is 0 Å². The Hall–Kier alpha value is -2.57. The van der Waals surface area contributed by atoms with Crippen molar-refractivity contribution in [2.75, 3.05) is 19.9 Å². The smallest absolute Gasteiger partial charge is 0.231 e. The number of hydrogen-bond donors (Lipinski definition) is 0. The number of piperidine rings is 1. The number of likely N-dealkylation sites (tertiary alicyclic amines) is 1. The first kappa shape index (κ1) is 18.5. The quantitative estimate of drug-likeness (QED) is 0.755. The van der Waals surface area contributed by atoms with Gasteiger partial charge in [-0.05, 0) is 43.4 Å². The first-order chi connectivity index (χ1) is 14.3. The molecule has 3 aliphatic rings. The molecule has 1 saturated heterocycles. The molecule has 0 spiro atoms. The van der Waals surface area contributed by atoms with E-state index in [1.807, 2.05) is 23.1 Å². The maximum Gasteiger partial charge on any atom is 0.231 e. The molecule has 2 aliphatic heterocycles. The number of amides is 1. The highest BCUT2D eigenvalue weighted by molar-refractivity contribution is 5.76. The van der Waals surface area contributed by atoms with E-state index in [9.17, 15) is 4.79 Å². The van der Waals surface area contributed by atoms with Crippen molar-refractivity contribution in [1.29, 1.82) is 0 Å². The zero-order chi connectivity index (χ0) is 19.6. The molecule has 29 heavy (non-hydrogen) atoms. The van der Waals surface area contributed by atoms with Crippen molar-refractivity contribution in [2.24, 2.45) is 5.92 Å². The fraction of sp³-hybridized carbons (Fsp3) is 0.591. The van der Waals surface area contributed by atoms with Gasteiger partial charge >= 0.3 is 0 Å². The normalized spacial score (nSPS) is 19.8. The highest BCUT2D eigenvalue weighted by Gasteiger charge is 2.28. The van der Waals surface area contributed by atoms with Crippen LogP contribution in [0.4, 0.5) is 0 Å². The van der Waals surface area contributed by atoms with Gasteiger partial charge in [-0.2, -0.15) is 4.98 Å². The van der Waals surface area contributed by atoms with E-state index in [0.29, 0.717) is 29.8 Å². The summed E-state index contributed by atoms with van der Waals surface area (Å²) in [5.74, 6) is 3.96. The van der Waals surface area contributed by atoms with Gasteiger partial charge in [-0.3, -0.25) is 4.79 Å². The predicted octanol–water partition coefficient (Wildman–Crippen LogP) is 4.14. The third-order valence-electron chi connectivity index (χ3n) is 6.51. The van der Waals surface area contributed by atoms with Crippen molar-refractivity contribution in [3.8, 4) is 22.9 Å². The van der Waals surface area contributed by atoms with Gasteiger partial charge in [0.2, 0.25) is 24.4 Å². The lowest BCUT2D eigenvalue weighted by atomic mass is 9.95. The van der Waals surface area contributed by atoms with Crippen molar-refractivity contribution in [2.45, 2.75) is 57.3 Å². The number of hydrogen-bond acceptors (Lipinski definition) is 6. The molecule has 0 bridgehead atoms. The third kappa shape index (κ3) is 3.95. The molecule has 1 aromatic carbocycles. The van der Waals surface area contributed by atoms with Crippen LogP contribution in [0.2, 0.25) is 0 Å². The van der Waals surface area contributed by atoms with E-state index >= 15 is 0 Å². The lowest BCUT2D eigenvalue weighted by molar-refractivity contribution is -0.132. The Kier molecular flexibility index (Phi) is 5.12. The van der Waals surface area contributed by atoms with Crippen molar-refractivity contribution >= 4 is 5.91 Å². The molecule has 0 atom stereocenters. The zero-order valence-corrected chi connectivity index (χ0v) is 16.6. The molecular weight excluding hydrogens is 370 g/mol. The van der Waals surface area contributed by atoms with Gasteiger partial charge in [0.05, 0.1) is 0 Å². The van der Waals surface area contributed by atoms with Crippen LogP contribution in [0.5, 0.6) is 11.5 Å². The number of benzene rings is 1. The Morgan fingerprint density at radius 1 is 1.07 bits per heavy atom. The molecule has 1 saturated carbocycles. The second-order valence-electron chi connectivity index (χ2n) is 8.37. The van der Waals surface area contributed by atoms with Crippen molar-refractivity contribution in [3.63, 3.8) is 0 Å². The minimum atomic E-state index is 0.212. The molecule has 7 nitrogen and oxygen atoms in total. The number of fused-ring (bicyclic) bond motifs is 1. The molecule has 2 aromatic rings. The van der Waals surface area contributed by atoms with Gasteiger partial charge in [0.1, 0.15) is 0 Å². The third-order valence-corrected chi connectivity index (χ3v) is 6.51. The van der Waals surface area contributed by atoms with Gasteiger partial charge in [0, 0.05) is 31.0 Å².